The number of halogens is 4. The number of hydrogen-bond acceptors (Lipinski definition) is 10. The molecule has 0 amide bonds. The standard InChI is InChI=1S/C32H18Br4N4O8S2/c33-19-9-13(10-20(34)25(19)23-15-5-1-3-7-17(15)29(41)27(39-37)31(23)49(43,44)45)14-11-21(35)26(22(36)12-14)24-16-6-2-4-8-18(16)30(42)28(40-38)32(24)50(46,47)48/h1-12,37-38,41-42H,(H,43,44,45)(H,46,47,48)/b39-37+,40-38+. The molecule has 12 nitrogen and oxygen atoms in total. The lowest BCUT2D eigenvalue weighted by molar-refractivity contribution is 0.472. The molecule has 6 aromatic carbocycles. The lowest BCUT2D eigenvalue weighted by atomic mass is 9.93. The van der Waals surface area contributed by atoms with Crippen molar-refractivity contribution in [3.63, 3.8) is 0 Å². The van der Waals surface area contributed by atoms with E-state index in [-0.39, 0.29) is 43.8 Å². The minimum atomic E-state index is -5.08. The van der Waals surface area contributed by atoms with Crippen LogP contribution in [0, 0.1) is 11.0 Å². The molecule has 6 rings (SSSR count). The number of hydrogen-bond donors (Lipinski definition) is 6. The topological polar surface area (TPSA) is 222 Å². The van der Waals surface area contributed by atoms with Crippen molar-refractivity contribution in [2.75, 3.05) is 0 Å². The number of fused-ring (bicyclic) bond motifs is 2. The van der Waals surface area contributed by atoms with Gasteiger partial charge in [0.25, 0.3) is 20.2 Å². The Bertz CT molecular complexity index is 2570. The van der Waals surface area contributed by atoms with Crippen molar-refractivity contribution < 1.29 is 39.0 Å². The van der Waals surface area contributed by atoms with Crippen LogP contribution < -0.4 is 0 Å². The highest BCUT2D eigenvalue weighted by Crippen LogP contribution is 2.53. The normalized spacial score (nSPS) is 13.1. The van der Waals surface area contributed by atoms with Gasteiger partial charge in [-0.25, -0.2) is 11.0 Å². The zero-order valence-electron chi connectivity index (χ0n) is 26.5. The van der Waals surface area contributed by atoms with E-state index >= 15 is 0 Å². The van der Waals surface area contributed by atoms with Crippen molar-refractivity contribution in [1.82, 2.24) is 0 Å². The molecular formula is C32H18Br4N4O8S2. The molecule has 0 fully saturated rings. The summed E-state index contributed by atoms with van der Waals surface area (Å²) in [4.78, 5) is -1.55. The molecule has 6 aromatic rings. The lowest BCUT2D eigenvalue weighted by Crippen LogP contribution is -2.04. The van der Waals surface area contributed by atoms with E-state index in [1.165, 1.54) is 12.1 Å². The van der Waals surface area contributed by atoms with Crippen LogP contribution >= 0.6 is 63.7 Å². The fourth-order valence-electron chi connectivity index (χ4n) is 5.91. The Hall–Kier alpha value is -3.62. The Morgan fingerprint density at radius 3 is 1.12 bits per heavy atom. The Balaban J connectivity index is 1.63. The van der Waals surface area contributed by atoms with E-state index in [1.807, 2.05) is 0 Å². The summed E-state index contributed by atoms with van der Waals surface area (Å²) < 4.78 is 87.9. The second-order valence-electron chi connectivity index (χ2n) is 10.7. The van der Waals surface area contributed by atoms with E-state index in [4.69, 9.17) is 2.82 Å². The van der Waals surface area contributed by atoms with Crippen molar-refractivity contribution in [2.24, 2.45) is 10.2 Å². The Labute approximate surface area is 320 Å². The number of nitrogens with zero attached hydrogens (tertiary/aromatic N) is 2. The molecule has 0 aliphatic rings. The molecule has 18 heteroatoms. The number of nitrogens with one attached hydrogen (secondary N) is 2. The van der Waals surface area contributed by atoms with Gasteiger partial charge in [0, 0.05) is 50.9 Å². The average molecular weight is 970 g/mol. The van der Waals surface area contributed by atoms with Gasteiger partial charge in [0.1, 0.15) is 21.2 Å². The van der Waals surface area contributed by atoms with Crippen molar-refractivity contribution >= 4 is 117 Å². The predicted molar refractivity (Wildman–Crippen MR) is 201 cm³/mol. The quantitative estimate of drug-likeness (QED) is 0.0665. The molecule has 0 aliphatic carbocycles. The van der Waals surface area contributed by atoms with E-state index in [0.717, 1.165) is 0 Å². The van der Waals surface area contributed by atoms with Gasteiger partial charge in [-0.15, -0.1) is 0 Å². The van der Waals surface area contributed by atoms with Crippen LogP contribution in [0.5, 0.6) is 11.5 Å². The van der Waals surface area contributed by atoms with Crippen LogP contribution in [-0.2, 0) is 20.2 Å². The van der Waals surface area contributed by atoms with Gasteiger partial charge in [0.2, 0.25) is 2.82 Å². The van der Waals surface area contributed by atoms with Crippen LogP contribution in [0.2, 0.25) is 2.82 Å². The van der Waals surface area contributed by atoms with Gasteiger partial charge in [-0.3, -0.25) is 9.11 Å². The van der Waals surface area contributed by atoms with E-state index in [1.54, 1.807) is 60.7 Å². The molecule has 0 aromatic heterocycles. The lowest BCUT2D eigenvalue weighted by Gasteiger charge is -2.20. The molecule has 0 heterocycles. The van der Waals surface area contributed by atoms with Crippen LogP contribution in [-0.4, -0.2) is 36.2 Å². The second kappa shape index (κ2) is 13.2. The first-order valence-corrected chi connectivity index (χ1v) is 19.8. The molecule has 0 unspecified atom stereocenters. The smallest absolute Gasteiger partial charge is 0.297 e. The minimum absolute atomic E-state index is 0.0427. The Morgan fingerprint density at radius 1 is 0.540 bits per heavy atom. The zero-order valence-corrected chi connectivity index (χ0v) is 32.4. The molecule has 0 radical (unpaired) electrons. The van der Waals surface area contributed by atoms with Crippen molar-refractivity contribution in [3.8, 4) is 44.9 Å². The van der Waals surface area contributed by atoms with Crippen LogP contribution in [0.15, 0.2) is 111 Å². The SMILES string of the molecule is [H]/N=N/c1c(S(=O)(=O)O)c(-c2c(Br)cc(-c3cc(Br)c(-c4c(S(=O)(=O)O)c(/N=N/[H])c(O)c5ccccc45)c(Br)c3)cc2Br)c2ccccc2c1O. The monoisotopic (exact) mass is 966 g/mol. The number of rotatable bonds is 7. The molecule has 0 aliphatic heterocycles. The summed E-state index contributed by atoms with van der Waals surface area (Å²) in [7, 11) is -10.2. The zero-order chi connectivity index (χ0) is 37.9. The van der Waals surface area contributed by atoms with E-state index in [0.29, 0.717) is 29.0 Å². The first kappa shape index (κ1) is 33.5. The average Bonchev–Trinajstić information content (AvgIpc) is 3.06. The number of benzene rings is 6. The fraction of sp³-hybridized carbons (Fsp3) is 0. The first-order valence-electron chi connectivity index (χ1n) is 14.6. The van der Waals surface area contributed by atoms with Crippen LogP contribution in [0.4, 0.5) is 11.4 Å². The molecule has 6 N–H and O–H groups in total. The highest BCUT2D eigenvalue weighted by molar-refractivity contribution is 9.11. The molecule has 0 saturated carbocycles. The highest BCUT2D eigenvalue weighted by atomic mass is 79.9. The number of phenolic OH excluding ortho intramolecular Hbond substituents is 2. The van der Waals surface area contributed by atoms with E-state index < -0.39 is 52.9 Å². The number of phenols is 2. The maximum Gasteiger partial charge on any atom is 0.297 e. The van der Waals surface area contributed by atoms with Gasteiger partial charge in [-0.05, 0) is 46.2 Å². The molecule has 0 bridgehead atoms. The third-order valence-electron chi connectivity index (χ3n) is 7.87. The minimum Gasteiger partial charge on any atom is -0.505 e. The molecule has 0 saturated heterocycles. The second-order valence-corrected chi connectivity index (χ2v) is 16.8. The molecule has 50 heavy (non-hydrogen) atoms. The van der Waals surface area contributed by atoms with Crippen LogP contribution in [0.1, 0.15) is 0 Å². The highest BCUT2D eigenvalue weighted by Gasteiger charge is 2.32. The van der Waals surface area contributed by atoms with Gasteiger partial charge in [0.05, 0.1) is 0 Å². The summed E-state index contributed by atoms with van der Waals surface area (Å²) in [6, 6.07) is 19.2. The summed E-state index contributed by atoms with van der Waals surface area (Å²) >= 11 is 14.2. The summed E-state index contributed by atoms with van der Waals surface area (Å²) in [5, 5.41) is 29.7. The maximum absolute atomic E-state index is 12.9. The van der Waals surface area contributed by atoms with Crippen molar-refractivity contribution in [1.29, 1.82) is 11.0 Å². The van der Waals surface area contributed by atoms with Crippen molar-refractivity contribution in [3.05, 3.63) is 90.7 Å². The van der Waals surface area contributed by atoms with E-state index in [2.05, 4.69) is 85.0 Å². The summed E-state index contributed by atoms with van der Waals surface area (Å²) in [5.74, 6) is -1.20. The molecule has 254 valence electrons. The Kier molecular flexibility index (Phi) is 8.83. The van der Waals surface area contributed by atoms with Gasteiger partial charge in [-0.1, -0.05) is 112 Å². The van der Waals surface area contributed by atoms with Gasteiger partial charge in [0.15, 0.2) is 11.5 Å². The maximum atomic E-state index is 12.9. The third-order valence-corrected chi connectivity index (χ3v) is 12.2. The Morgan fingerprint density at radius 2 is 0.840 bits per heavy atom. The fourth-order valence-corrected chi connectivity index (χ4v) is 10.8. The van der Waals surface area contributed by atoms with Gasteiger partial charge < -0.3 is 10.2 Å². The van der Waals surface area contributed by atoms with Gasteiger partial charge >= 0.3 is 0 Å². The van der Waals surface area contributed by atoms with Crippen LogP contribution in [0.3, 0.4) is 0 Å². The molecule has 0 spiro atoms. The number of aromatic hydroxyl groups is 2. The summed E-state index contributed by atoms with van der Waals surface area (Å²) in [5.41, 5.74) is 6.06. The molecular weight excluding hydrogens is 952 g/mol. The van der Waals surface area contributed by atoms with E-state index in [9.17, 15) is 36.2 Å². The van der Waals surface area contributed by atoms with Gasteiger partial charge in [-0.2, -0.15) is 27.1 Å². The first-order chi connectivity index (χ1) is 24.5. The van der Waals surface area contributed by atoms with Crippen LogP contribution in [0.25, 0.3) is 54.9 Å². The predicted octanol–water partition coefficient (Wildman–Crippen LogP) is 11.3. The van der Waals surface area contributed by atoms with Crippen molar-refractivity contribution in [2.45, 2.75) is 9.79 Å². The molecule has 0 atom stereocenters. The summed E-state index contributed by atoms with van der Waals surface area (Å²) in [6.45, 7) is 0. The summed E-state index contributed by atoms with van der Waals surface area (Å²) in [6.07, 6.45) is 0. The third kappa shape index (κ3) is 5.96. The largest absolute Gasteiger partial charge is 0.505 e.